The Morgan fingerprint density at radius 1 is 1.36 bits per heavy atom. The molecular weight excluding hydrogens is 164 g/mol. The summed E-state index contributed by atoms with van der Waals surface area (Å²) in [5.74, 6) is 0. The van der Waals surface area contributed by atoms with Crippen molar-refractivity contribution in [1.82, 2.24) is 0 Å². The van der Waals surface area contributed by atoms with E-state index >= 15 is 0 Å². The molecule has 1 fully saturated rings. The zero-order valence-corrected chi connectivity index (χ0v) is 7.90. The predicted octanol–water partition coefficient (Wildman–Crippen LogP) is 0.335. The Labute approximate surface area is 67.3 Å². The normalized spacial score (nSPS) is 23.3. The van der Waals surface area contributed by atoms with Crippen LogP contribution in [0.3, 0.4) is 0 Å². The second-order valence-corrected chi connectivity index (χ2v) is 6.15. The molecule has 0 radical (unpaired) electrons. The first-order valence-electron chi connectivity index (χ1n) is 3.63. The molecule has 4 heteroatoms. The number of rotatable bonds is 2. The van der Waals surface area contributed by atoms with Gasteiger partial charge in [-0.15, -0.1) is 0 Å². The lowest BCUT2D eigenvalue weighted by atomic mass is 10.0. The van der Waals surface area contributed by atoms with Gasteiger partial charge in [-0.2, -0.15) is 0 Å². The van der Waals surface area contributed by atoms with Crippen LogP contribution in [0.4, 0.5) is 0 Å². The van der Waals surface area contributed by atoms with E-state index in [-0.39, 0.29) is 0 Å². The first-order valence-corrected chi connectivity index (χ1v) is 5.52. The van der Waals surface area contributed by atoms with Gasteiger partial charge in [-0.1, -0.05) is 0 Å². The quantitative estimate of drug-likeness (QED) is 0.663. The van der Waals surface area contributed by atoms with Gasteiger partial charge in [0.1, 0.15) is 4.75 Å². The average Bonchev–Trinajstić information content (AvgIpc) is 2.31. The van der Waals surface area contributed by atoms with Crippen LogP contribution in [-0.4, -0.2) is 30.1 Å². The van der Waals surface area contributed by atoms with Crippen LogP contribution in [0.25, 0.3) is 0 Å². The predicted molar refractivity (Wildman–Crippen MR) is 43.1 cm³/mol. The molecule has 0 unspecified atom stereocenters. The van der Waals surface area contributed by atoms with Gasteiger partial charge in [0.15, 0.2) is 9.84 Å². The molecule has 0 amide bonds. The van der Waals surface area contributed by atoms with Gasteiger partial charge in [0.2, 0.25) is 0 Å². The van der Waals surface area contributed by atoms with E-state index in [4.69, 9.17) is 0 Å². The average molecular weight is 178 g/mol. The number of hydrogen-bond acceptors (Lipinski definition) is 3. The van der Waals surface area contributed by atoms with E-state index in [0.717, 1.165) is 0 Å². The van der Waals surface area contributed by atoms with Gasteiger partial charge in [-0.25, -0.2) is 8.42 Å². The second kappa shape index (κ2) is 1.98. The molecule has 0 aromatic heterocycles. The molecule has 3 nitrogen and oxygen atoms in total. The van der Waals surface area contributed by atoms with Crippen LogP contribution in [0.5, 0.6) is 0 Å². The molecule has 1 N–H and O–H groups in total. The summed E-state index contributed by atoms with van der Waals surface area (Å²) in [7, 11) is -3.10. The molecular formula is C7H14O3S. The molecule has 1 aliphatic rings. The largest absolute Gasteiger partial charge is 0.389 e. The van der Waals surface area contributed by atoms with Gasteiger partial charge in [0.05, 0.1) is 5.60 Å². The lowest BCUT2D eigenvalue weighted by Crippen LogP contribution is -2.43. The van der Waals surface area contributed by atoms with Crippen molar-refractivity contribution in [1.29, 1.82) is 0 Å². The summed E-state index contributed by atoms with van der Waals surface area (Å²) in [4.78, 5) is 0. The molecule has 0 aliphatic heterocycles. The summed E-state index contributed by atoms with van der Waals surface area (Å²) in [5.41, 5.74) is -1.10. The van der Waals surface area contributed by atoms with Gasteiger partial charge in [-0.05, 0) is 26.7 Å². The lowest BCUT2D eigenvalue weighted by molar-refractivity contribution is 0.0670. The van der Waals surface area contributed by atoms with Gasteiger partial charge < -0.3 is 5.11 Å². The Balaban J connectivity index is 3.05. The Morgan fingerprint density at radius 2 is 1.73 bits per heavy atom. The van der Waals surface area contributed by atoms with E-state index in [0.29, 0.717) is 12.8 Å². The minimum atomic E-state index is -3.10. The summed E-state index contributed by atoms with van der Waals surface area (Å²) < 4.78 is 21.6. The van der Waals surface area contributed by atoms with Crippen LogP contribution in [0, 0.1) is 0 Å². The lowest BCUT2D eigenvalue weighted by Gasteiger charge is -2.27. The zero-order chi connectivity index (χ0) is 8.91. The number of hydrogen-bond donors (Lipinski definition) is 1. The molecule has 66 valence electrons. The molecule has 0 atom stereocenters. The molecule has 0 bridgehead atoms. The van der Waals surface area contributed by atoms with E-state index in [1.807, 2.05) is 0 Å². The van der Waals surface area contributed by atoms with E-state index in [1.165, 1.54) is 6.26 Å². The minimum Gasteiger partial charge on any atom is -0.389 e. The van der Waals surface area contributed by atoms with Crippen molar-refractivity contribution in [3.8, 4) is 0 Å². The Kier molecular flexibility index (Phi) is 1.62. The van der Waals surface area contributed by atoms with Gasteiger partial charge in [0.25, 0.3) is 0 Å². The molecule has 1 rings (SSSR count). The summed E-state index contributed by atoms with van der Waals surface area (Å²) >= 11 is 0. The first kappa shape index (κ1) is 9.00. The van der Waals surface area contributed by atoms with Crippen LogP contribution in [0.2, 0.25) is 0 Å². The molecule has 0 saturated heterocycles. The van der Waals surface area contributed by atoms with Crippen LogP contribution >= 0.6 is 0 Å². The van der Waals surface area contributed by atoms with E-state index in [2.05, 4.69) is 0 Å². The summed E-state index contributed by atoms with van der Waals surface area (Å²) in [6, 6.07) is 0. The third-order valence-corrected chi connectivity index (χ3v) is 4.86. The van der Waals surface area contributed by atoms with Crippen molar-refractivity contribution in [3.63, 3.8) is 0 Å². The van der Waals surface area contributed by atoms with Crippen LogP contribution in [0.15, 0.2) is 0 Å². The smallest absolute Gasteiger partial charge is 0.155 e. The molecule has 0 aromatic rings. The Bertz CT molecular complexity index is 254. The van der Waals surface area contributed by atoms with Crippen molar-refractivity contribution in [2.75, 3.05) is 6.26 Å². The van der Waals surface area contributed by atoms with Crippen LogP contribution in [-0.2, 0) is 9.84 Å². The highest BCUT2D eigenvalue weighted by atomic mass is 32.2. The molecule has 0 aromatic carbocycles. The van der Waals surface area contributed by atoms with E-state index < -0.39 is 20.2 Å². The van der Waals surface area contributed by atoms with Crippen molar-refractivity contribution >= 4 is 9.84 Å². The van der Waals surface area contributed by atoms with Crippen LogP contribution in [0.1, 0.15) is 26.7 Å². The highest BCUT2D eigenvalue weighted by Crippen LogP contribution is 2.50. The van der Waals surface area contributed by atoms with Gasteiger partial charge in [0, 0.05) is 6.26 Å². The fourth-order valence-electron chi connectivity index (χ4n) is 1.55. The molecule has 11 heavy (non-hydrogen) atoms. The van der Waals surface area contributed by atoms with E-state index in [9.17, 15) is 13.5 Å². The highest BCUT2D eigenvalue weighted by molar-refractivity contribution is 7.92. The van der Waals surface area contributed by atoms with Crippen LogP contribution < -0.4 is 0 Å². The SMILES string of the molecule is CC(C)(O)C1(S(C)(=O)=O)CC1. The molecule has 1 aliphatic carbocycles. The first-order chi connectivity index (χ1) is 4.71. The Morgan fingerprint density at radius 3 is 1.73 bits per heavy atom. The monoisotopic (exact) mass is 178 g/mol. The maximum atomic E-state index is 11.2. The van der Waals surface area contributed by atoms with Gasteiger partial charge in [-0.3, -0.25) is 0 Å². The molecule has 0 heterocycles. The summed E-state index contributed by atoms with van der Waals surface area (Å²) in [6.07, 6.45) is 2.38. The number of sulfone groups is 1. The molecule has 1 saturated carbocycles. The Hall–Kier alpha value is -0.0900. The standard InChI is InChI=1S/C7H14O3S/c1-6(2,8)7(4-5-7)11(3,9)10/h8H,4-5H2,1-3H3. The summed E-state index contributed by atoms with van der Waals surface area (Å²) in [5, 5.41) is 9.56. The van der Waals surface area contributed by atoms with Crippen molar-refractivity contribution in [3.05, 3.63) is 0 Å². The van der Waals surface area contributed by atoms with Gasteiger partial charge >= 0.3 is 0 Å². The fraction of sp³-hybridized carbons (Fsp3) is 1.00. The third kappa shape index (κ3) is 1.18. The van der Waals surface area contributed by atoms with Crippen molar-refractivity contribution in [2.24, 2.45) is 0 Å². The van der Waals surface area contributed by atoms with Crippen molar-refractivity contribution in [2.45, 2.75) is 37.0 Å². The zero-order valence-electron chi connectivity index (χ0n) is 7.09. The summed E-state index contributed by atoms with van der Waals surface area (Å²) in [6.45, 7) is 3.11. The van der Waals surface area contributed by atoms with Crippen molar-refractivity contribution < 1.29 is 13.5 Å². The highest BCUT2D eigenvalue weighted by Gasteiger charge is 2.61. The second-order valence-electron chi connectivity index (χ2n) is 3.83. The minimum absolute atomic E-state index is 0.593. The van der Waals surface area contributed by atoms with E-state index in [1.54, 1.807) is 13.8 Å². The maximum absolute atomic E-state index is 11.2. The topological polar surface area (TPSA) is 54.4 Å². The fourth-order valence-corrected chi connectivity index (χ4v) is 3.30. The number of aliphatic hydroxyl groups is 1. The molecule has 0 spiro atoms. The third-order valence-electron chi connectivity index (χ3n) is 2.53. The maximum Gasteiger partial charge on any atom is 0.155 e.